The van der Waals surface area contributed by atoms with Gasteiger partial charge in [0.1, 0.15) is 0 Å². The molecule has 5 heteroatoms. The molecule has 0 unspecified atom stereocenters. The molecular weight excluding hydrogens is 365 g/mol. The Hall–Kier alpha value is -2.30. The largest absolute Gasteiger partial charge is 0.478 e. The van der Waals surface area contributed by atoms with Crippen LogP contribution >= 0.6 is 0 Å². The number of carboxylic acid groups (broad SMARTS) is 1. The second-order valence-electron chi connectivity index (χ2n) is 7.14. The summed E-state index contributed by atoms with van der Waals surface area (Å²) in [5.74, 6) is -0.932. The fraction of sp³-hybridized carbons (Fsp3) is 0.435. The van der Waals surface area contributed by atoms with E-state index in [2.05, 4.69) is 0 Å². The zero-order valence-corrected chi connectivity index (χ0v) is 16.0. The Balaban J connectivity index is 1.68. The lowest BCUT2D eigenvalue weighted by Crippen LogP contribution is -2.06. The Kier molecular flexibility index (Phi) is 8.55. The third kappa shape index (κ3) is 7.75. The maximum absolute atomic E-state index is 12.0. The normalized spacial score (nSPS) is 11.5. The predicted molar refractivity (Wildman–Crippen MR) is 106 cm³/mol. The number of hydrogen-bond acceptors (Lipinski definition) is 1. The molecule has 0 aliphatic heterocycles. The predicted octanol–water partition coefficient (Wildman–Crippen LogP) is 7.28. The molecule has 0 aliphatic carbocycles. The SMILES string of the molecule is O=C(O)c1ccccc1-c1ccc(CCCCCCCCCC(F)(F)F)cc1. The summed E-state index contributed by atoms with van der Waals surface area (Å²) < 4.78 is 36.1. The average molecular weight is 392 g/mol. The lowest BCUT2D eigenvalue weighted by Gasteiger charge is -2.08. The van der Waals surface area contributed by atoms with Crippen LogP contribution in [0.25, 0.3) is 11.1 Å². The molecule has 0 aliphatic rings. The lowest BCUT2D eigenvalue weighted by atomic mass is 9.97. The summed E-state index contributed by atoms with van der Waals surface area (Å²) in [6.45, 7) is 0. The number of unbranched alkanes of at least 4 members (excludes halogenated alkanes) is 6. The number of hydrogen-bond donors (Lipinski definition) is 1. The first-order chi connectivity index (χ1) is 13.4. The van der Waals surface area contributed by atoms with Crippen LogP contribution in [0.3, 0.4) is 0 Å². The van der Waals surface area contributed by atoms with Crippen LogP contribution in [-0.4, -0.2) is 17.3 Å². The highest BCUT2D eigenvalue weighted by Crippen LogP contribution is 2.25. The summed E-state index contributed by atoms with van der Waals surface area (Å²) in [6, 6.07) is 14.9. The third-order valence-electron chi connectivity index (χ3n) is 4.85. The van der Waals surface area contributed by atoms with Crippen LogP contribution in [0.1, 0.15) is 67.3 Å². The highest BCUT2D eigenvalue weighted by atomic mass is 19.4. The first-order valence-electron chi connectivity index (χ1n) is 9.85. The molecule has 2 nitrogen and oxygen atoms in total. The van der Waals surface area contributed by atoms with Crippen molar-refractivity contribution in [1.29, 1.82) is 0 Å². The van der Waals surface area contributed by atoms with Crippen LogP contribution in [-0.2, 0) is 6.42 Å². The Morgan fingerprint density at radius 1 is 0.786 bits per heavy atom. The first-order valence-corrected chi connectivity index (χ1v) is 9.85. The molecule has 0 saturated heterocycles. The molecule has 0 radical (unpaired) electrons. The van der Waals surface area contributed by atoms with Gasteiger partial charge in [-0.3, -0.25) is 0 Å². The van der Waals surface area contributed by atoms with Crippen molar-refractivity contribution < 1.29 is 23.1 Å². The van der Waals surface area contributed by atoms with Gasteiger partial charge in [-0.15, -0.1) is 0 Å². The van der Waals surface area contributed by atoms with Crippen molar-refractivity contribution in [2.45, 2.75) is 64.0 Å². The minimum Gasteiger partial charge on any atom is -0.478 e. The van der Waals surface area contributed by atoms with Gasteiger partial charge in [0.2, 0.25) is 0 Å². The minimum absolute atomic E-state index is 0.237. The molecule has 0 atom stereocenters. The van der Waals surface area contributed by atoms with E-state index >= 15 is 0 Å². The van der Waals surface area contributed by atoms with E-state index in [0.717, 1.165) is 44.1 Å². The summed E-state index contributed by atoms with van der Waals surface area (Å²) >= 11 is 0. The molecule has 0 amide bonds. The molecule has 1 N–H and O–H groups in total. The van der Waals surface area contributed by atoms with Gasteiger partial charge in [-0.05, 0) is 42.0 Å². The van der Waals surface area contributed by atoms with E-state index in [4.69, 9.17) is 0 Å². The minimum atomic E-state index is -4.02. The Morgan fingerprint density at radius 3 is 1.96 bits per heavy atom. The van der Waals surface area contributed by atoms with Gasteiger partial charge >= 0.3 is 12.1 Å². The van der Waals surface area contributed by atoms with Gasteiger partial charge in [-0.1, -0.05) is 74.6 Å². The molecule has 0 heterocycles. The van der Waals surface area contributed by atoms with Crippen molar-refractivity contribution in [3.05, 3.63) is 59.7 Å². The molecule has 0 spiro atoms. The quantitative estimate of drug-likeness (QED) is 0.408. The van der Waals surface area contributed by atoms with E-state index < -0.39 is 18.6 Å². The van der Waals surface area contributed by atoms with Crippen LogP contribution in [0.2, 0.25) is 0 Å². The number of carbonyl (C=O) groups is 1. The van der Waals surface area contributed by atoms with Crippen molar-refractivity contribution in [3.63, 3.8) is 0 Å². The molecule has 0 fully saturated rings. The maximum Gasteiger partial charge on any atom is 0.389 e. The Labute approximate surface area is 164 Å². The van der Waals surface area contributed by atoms with Crippen LogP contribution < -0.4 is 0 Å². The lowest BCUT2D eigenvalue weighted by molar-refractivity contribution is -0.135. The zero-order chi connectivity index (χ0) is 20.4. The van der Waals surface area contributed by atoms with Gasteiger partial charge in [0, 0.05) is 6.42 Å². The third-order valence-corrected chi connectivity index (χ3v) is 4.85. The molecule has 28 heavy (non-hydrogen) atoms. The van der Waals surface area contributed by atoms with Gasteiger partial charge in [0.05, 0.1) is 5.56 Å². The molecule has 0 bridgehead atoms. The fourth-order valence-corrected chi connectivity index (χ4v) is 3.31. The Morgan fingerprint density at radius 2 is 1.36 bits per heavy atom. The number of benzene rings is 2. The monoisotopic (exact) mass is 392 g/mol. The number of alkyl halides is 3. The van der Waals surface area contributed by atoms with E-state index in [9.17, 15) is 23.1 Å². The number of aryl methyl sites for hydroxylation is 1. The van der Waals surface area contributed by atoms with Crippen molar-refractivity contribution in [2.75, 3.05) is 0 Å². The van der Waals surface area contributed by atoms with E-state index in [1.165, 1.54) is 5.56 Å². The average Bonchev–Trinajstić information content (AvgIpc) is 2.66. The molecule has 2 rings (SSSR count). The second-order valence-corrected chi connectivity index (χ2v) is 7.14. The molecule has 0 aromatic heterocycles. The van der Waals surface area contributed by atoms with Crippen molar-refractivity contribution >= 4 is 5.97 Å². The van der Waals surface area contributed by atoms with Gasteiger partial charge in [-0.25, -0.2) is 4.79 Å². The topological polar surface area (TPSA) is 37.3 Å². The van der Waals surface area contributed by atoms with Gasteiger partial charge in [0.25, 0.3) is 0 Å². The van der Waals surface area contributed by atoms with Crippen LogP contribution in [0.15, 0.2) is 48.5 Å². The van der Waals surface area contributed by atoms with E-state index in [1.807, 2.05) is 36.4 Å². The van der Waals surface area contributed by atoms with Gasteiger partial charge in [0.15, 0.2) is 0 Å². The number of rotatable bonds is 11. The number of carboxylic acids is 1. The fourth-order valence-electron chi connectivity index (χ4n) is 3.31. The standard InChI is InChI=1S/C23H27F3O2/c24-23(25,26)17-9-5-3-1-2-4-6-10-18-13-15-19(16-14-18)20-11-7-8-12-21(20)22(27)28/h7-8,11-16H,1-6,9-10,17H2,(H,27,28). The van der Waals surface area contributed by atoms with Crippen LogP contribution in [0, 0.1) is 0 Å². The van der Waals surface area contributed by atoms with Crippen LogP contribution in [0.4, 0.5) is 13.2 Å². The highest BCUT2D eigenvalue weighted by molar-refractivity contribution is 5.95. The maximum atomic E-state index is 12.0. The highest BCUT2D eigenvalue weighted by Gasteiger charge is 2.25. The molecule has 152 valence electrons. The number of halogens is 3. The summed E-state index contributed by atoms with van der Waals surface area (Å²) in [7, 11) is 0. The van der Waals surface area contributed by atoms with Crippen molar-refractivity contribution in [3.8, 4) is 11.1 Å². The van der Waals surface area contributed by atoms with Crippen LogP contribution in [0.5, 0.6) is 0 Å². The molecule has 0 saturated carbocycles. The zero-order valence-electron chi connectivity index (χ0n) is 16.0. The Bertz CT molecular complexity index is 736. The van der Waals surface area contributed by atoms with E-state index in [0.29, 0.717) is 17.5 Å². The molecular formula is C23H27F3O2. The van der Waals surface area contributed by atoms with E-state index in [1.54, 1.807) is 12.1 Å². The first kappa shape index (κ1) is 22.0. The second kappa shape index (κ2) is 10.9. The smallest absolute Gasteiger partial charge is 0.389 e. The molecule has 2 aromatic carbocycles. The van der Waals surface area contributed by atoms with Crippen molar-refractivity contribution in [1.82, 2.24) is 0 Å². The summed E-state index contributed by atoms with van der Waals surface area (Å²) in [5.41, 5.74) is 3.11. The van der Waals surface area contributed by atoms with E-state index in [-0.39, 0.29) is 6.42 Å². The van der Waals surface area contributed by atoms with Gasteiger partial charge in [-0.2, -0.15) is 13.2 Å². The number of aromatic carboxylic acids is 1. The van der Waals surface area contributed by atoms with Crippen molar-refractivity contribution in [2.24, 2.45) is 0 Å². The summed E-state index contributed by atoms with van der Waals surface area (Å²) in [5, 5.41) is 9.30. The summed E-state index contributed by atoms with van der Waals surface area (Å²) in [6.07, 6.45) is 2.18. The van der Waals surface area contributed by atoms with Gasteiger partial charge < -0.3 is 5.11 Å². The molecule has 2 aromatic rings. The summed E-state index contributed by atoms with van der Waals surface area (Å²) in [4.78, 5) is 11.3.